The number of allylic oxidation sites excluding steroid dienone is 1. The Morgan fingerprint density at radius 3 is 2.19 bits per heavy atom. The Labute approximate surface area is 198 Å². The smallest absolute Gasteiger partial charge is 0.124 e. The second-order valence-electron chi connectivity index (χ2n) is 9.59. The molecule has 2 aromatic heterocycles. The summed E-state index contributed by atoms with van der Waals surface area (Å²) in [4.78, 5) is 5.03. The van der Waals surface area contributed by atoms with Crippen LogP contribution in [0.2, 0.25) is 0 Å². The maximum atomic E-state index is 5.03. The minimum absolute atomic E-state index is 0.599. The monoisotopic (exact) mass is 446 g/mol. The molecule has 170 valence electrons. The van der Waals surface area contributed by atoms with Gasteiger partial charge >= 0.3 is 0 Å². The first-order chi connectivity index (χ1) is 15.6. The third-order valence-corrected chi connectivity index (χ3v) is 7.96. The van der Waals surface area contributed by atoms with E-state index in [-0.39, 0.29) is 0 Å². The lowest BCUT2D eigenvalue weighted by atomic mass is 10.0. The molecule has 2 nitrogen and oxygen atoms in total. The van der Waals surface area contributed by atoms with Crippen LogP contribution < -0.4 is 0 Å². The molecule has 0 bridgehead atoms. The van der Waals surface area contributed by atoms with Crippen molar-refractivity contribution >= 4 is 16.9 Å². The fourth-order valence-corrected chi connectivity index (χ4v) is 6.18. The van der Waals surface area contributed by atoms with Crippen LogP contribution in [0.25, 0.3) is 27.5 Å². The van der Waals surface area contributed by atoms with Gasteiger partial charge in [0.2, 0.25) is 0 Å². The summed E-state index contributed by atoms with van der Waals surface area (Å²) in [6.45, 7) is 10.7. The van der Waals surface area contributed by atoms with Gasteiger partial charge in [-0.05, 0) is 56.4 Å². The number of nitrogens with zero attached hydrogens (tertiary/aromatic N) is 2. The van der Waals surface area contributed by atoms with E-state index in [1.165, 1.54) is 92.3 Å². The normalized spacial score (nSPS) is 16.6. The molecule has 0 aliphatic heterocycles. The first-order valence-electron chi connectivity index (χ1n) is 12.5. The van der Waals surface area contributed by atoms with Crippen molar-refractivity contribution in [3.63, 3.8) is 0 Å². The third kappa shape index (κ3) is 5.09. The van der Waals surface area contributed by atoms with E-state index in [0.29, 0.717) is 6.04 Å². The van der Waals surface area contributed by atoms with Gasteiger partial charge in [0, 0.05) is 22.7 Å². The van der Waals surface area contributed by atoms with E-state index < -0.39 is 0 Å². The first kappa shape index (κ1) is 23.0. The van der Waals surface area contributed by atoms with E-state index in [2.05, 4.69) is 67.6 Å². The number of benzene rings is 1. The van der Waals surface area contributed by atoms with Crippen LogP contribution in [0.3, 0.4) is 0 Å². The number of aryl methyl sites for hydroxylation is 1. The molecular weight excluding hydrogens is 408 g/mol. The van der Waals surface area contributed by atoms with Crippen LogP contribution in [-0.4, -0.2) is 9.55 Å². The summed E-state index contributed by atoms with van der Waals surface area (Å²) in [5.74, 6) is 0. The van der Waals surface area contributed by atoms with Gasteiger partial charge in [-0.2, -0.15) is 0 Å². The molecule has 0 saturated heterocycles. The maximum absolute atomic E-state index is 5.03. The molecule has 0 atom stereocenters. The van der Waals surface area contributed by atoms with Crippen molar-refractivity contribution in [1.29, 1.82) is 0 Å². The molecule has 0 amide bonds. The zero-order valence-electron chi connectivity index (χ0n) is 20.1. The van der Waals surface area contributed by atoms with Crippen molar-refractivity contribution in [3.8, 4) is 22.0 Å². The Kier molecular flexibility index (Phi) is 7.67. The summed E-state index contributed by atoms with van der Waals surface area (Å²) in [6, 6.07) is 11.4. The summed E-state index contributed by atoms with van der Waals surface area (Å²) < 4.78 is 2.54. The van der Waals surface area contributed by atoms with Crippen molar-refractivity contribution in [2.24, 2.45) is 0 Å². The molecule has 3 aromatic rings. The Balaban J connectivity index is 0.000000354. The average molecular weight is 447 g/mol. The van der Waals surface area contributed by atoms with Crippen LogP contribution in [0.15, 0.2) is 42.3 Å². The first-order valence-corrected chi connectivity index (χ1v) is 13.3. The summed E-state index contributed by atoms with van der Waals surface area (Å²) in [6.07, 6.45) is 14.2. The highest BCUT2D eigenvalue weighted by Crippen LogP contribution is 2.40. The van der Waals surface area contributed by atoms with Crippen LogP contribution >= 0.6 is 11.3 Å². The minimum Gasteiger partial charge on any atom is -0.340 e. The van der Waals surface area contributed by atoms with Crippen molar-refractivity contribution < 1.29 is 0 Å². The van der Waals surface area contributed by atoms with Gasteiger partial charge in [-0.1, -0.05) is 82.2 Å². The molecule has 2 aliphatic rings. The highest BCUT2D eigenvalue weighted by molar-refractivity contribution is 7.13. The van der Waals surface area contributed by atoms with E-state index in [9.17, 15) is 0 Å². The molecule has 5 rings (SSSR count). The van der Waals surface area contributed by atoms with E-state index in [0.717, 1.165) is 16.3 Å². The van der Waals surface area contributed by atoms with Gasteiger partial charge in [-0.3, -0.25) is 0 Å². The van der Waals surface area contributed by atoms with Gasteiger partial charge in [-0.15, -0.1) is 11.3 Å². The lowest BCUT2D eigenvalue weighted by Gasteiger charge is -2.18. The van der Waals surface area contributed by atoms with E-state index in [1.54, 1.807) is 11.3 Å². The molecule has 2 heterocycles. The number of aromatic nitrogens is 2. The molecule has 0 N–H and O–H groups in total. The fraction of sp³-hybridized carbons (Fsp3) is 0.483. The second kappa shape index (κ2) is 10.7. The lowest BCUT2D eigenvalue weighted by molar-refractivity contribution is 0.504. The average Bonchev–Trinajstić information content (AvgIpc) is 3.55. The zero-order chi connectivity index (χ0) is 22.5. The number of hydrogen-bond donors (Lipinski definition) is 0. The summed E-state index contributed by atoms with van der Waals surface area (Å²) >= 11 is 1.74. The number of thiazole rings is 1. The number of hydrogen-bond acceptors (Lipinski definition) is 2. The van der Waals surface area contributed by atoms with E-state index >= 15 is 0 Å². The zero-order valence-corrected chi connectivity index (χ0v) is 20.9. The quantitative estimate of drug-likeness (QED) is 0.390. The summed E-state index contributed by atoms with van der Waals surface area (Å²) in [5, 5.41) is 3.32. The predicted molar refractivity (Wildman–Crippen MR) is 140 cm³/mol. The molecule has 2 aliphatic carbocycles. The summed E-state index contributed by atoms with van der Waals surface area (Å²) in [7, 11) is 0. The molecule has 1 aromatic carbocycles. The molecule has 3 heteroatoms. The Morgan fingerprint density at radius 1 is 0.969 bits per heavy atom. The van der Waals surface area contributed by atoms with Crippen LogP contribution in [0.5, 0.6) is 0 Å². The fourth-order valence-electron chi connectivity index (χ4n) is 5.27. The Hall–Kier alpha value is -2.13. The molecule has 0 spiro atoms. The standard InChI is InChI=1S/C23H26N2S.C6H12/c1-15(2)20-13-22(25(17(20)4)18-10-6-7-11-18)21-14-26-23(24-21)19-12-8-5-9-16(19)3;1-2-4-6-5-3-1/h5,8-9,12-14,18H,1,6-7,10-11H2,2-4H3;1-6H2. The molecular formula is C29H38N2S. The summed E-state index contributed by atoms with van der Waals surface area (Å²) in [5.41, 5.74) is 8.61. The molecule has 32 heavy (non-hydrogen) atoms. The van der Waals surface area contributed by atoms with Crippen LogP contribution in [-0.2, 0) is 0 Å². The van der Waals surface area contributed by atoms with E-state index in [4.69, 9.17) is 4.98 Å². The number of rotatable bonds is 4. The third-order valence-electron chi connectivity index (χ3n) is 7.08. The lowest BCUT2D eigenvalue weighted by Crippen LogP contribution is -2.08. The van der Waals surface area contributed by atoms with Gasteiger partial charge in [0.05, 0.1) is 11.4 Å². The van der Waals surface area contributed by atoms with Gasteiger partial charge in [0.25, 0.3) is 0 Å². The topological polar surface area (TPSA) is 17.8 Å². The minimum atomic E-state index is 0.599. The van der Waals surface area contributed by atoms with Gasteiger partial charge in [0.15, 0.2) is 0 Å². The predicted octanol–water partition coefficient (Wildman–Crippen LogP) is 9.38. The van der Waals surface area contributed by atoms with Gasteiger partial charge in [-0.25, -0.2) is 4.98 Å². The van der Waals surface area contributed by atoms with Crippen molar-refractivity contribution in [2.45, 2.75) is 91.0 Å². The van der Waals surface area contributed by atoms with Crippen molar-refractivity contribution in [3.05, 3.63) is 59.1 Å². The van der Waals surface area contributed by atoms with Crippen molar-refractivity contribution in [1.82, 2.24) is 9.55 Å². The molecule has 0 unspecified atom stereocenters. The SMILES string of the molecule is C1CCCCC1.C=C(C)c1cc(-c2csc(-c3ccccc3C)n2)n(C2CCCC2)c1C. The van der Waals surface area contributed by atoms with Gasteiger partial charge in [0.1, 0.15) is 5.01 Å². The van der Waals surface area contributed by atoms with Gasteiger partial charge < -0.3 is 4.57 Å². The highest BCUT2D eigenvalue weighted by Gasteiger charge is 2.24. The second-order valence-corrected chi connectivity index (χ2v) is 10.4. The Bertz CT molecular complexity index is 1030. The van der Waals surface area contributed by atoms with Crippen molar-refractivity contribution in [2.75, 3.05) is 0 Å². The molecule has 2 fully saturated rings. The Morgan fingerprint density at radius 2 is 1.59 bits per heavy atom. The molecule has 0 radical (unpaired) electrons. The van der Waals surface area contributed by atoms with Crippen LogP contribution in [0.1, 0.15) is 94.0 Å². The maximum Gasteiger partial charge on any atom is 0.124 e. The highest BCUT2D eigenvalue weighted by atomic mass is 32.1. The largest absolute Gasteiger partial charge is 0.340 e. The van der Waals surface area contributed by atoms with E-state index in [1.807, 2.05) is 0 Å². The molecule has 2 saturated carbocycles. The van der Waals surface area contributed by atoms with Crippen LogP contribution in [0.4, 0.5) is 0 Å². The van der Waals surface area contributed by atoms with Crippen LogP contribution in [0, 0.1) is 13.8 Å².